The van der Waals surface area contributed by atoms with Crippen molar-refractivity contribution in [2.75, 3.05) is 16.4 Å². The summed E-state index contributed by atoms with van der Waals surface area (Å²) in [6.45, 7) is 4.98. The van der Waals surface area contributed by atoms with Gasteiger partial charge in [-0.05, 0) is 60.9 Å². The van der Waals surface area contributed by atoms with Crippen LogP contribution in [0.2, 0.25) is 0 Å². The number of tetrazole rings is 1. The summed E-state index contributed by atoms with van der Waals surface area (Å²) in [4.78, 5) is 16.0. The van der Waals surface area contributed by atoms with Crippen molar-refractivity contribution >= 4 is 17.9 Å². The summed E-state index contributed by atoms with van der Waals surface area (Å²) < 4.78 is 89.8. The van der Waals surface area contributed by atoms with Gasteiger partial charge in [0.15, 0.2) is 0 Å². The Morgan fingerprint density at radius 3 is 2.17 bits per heavy atom. The molecule has 40 heavy (non-hydrogen) atoms. The van der Waals surface area contributed by atoms with Gasteiger partial charge in [-0.25, -0.2) is 9.48 Å². The minimum atomic E-state index is -5.00. The van der Waals surface area contributed by atoms with Crippen molar-refractivity contribution in [3.8, 4) is 0 Å². The summed E-state index contributed by atoms with van der Waals surface area (Å²) in [5.41, 5.74) is -2.00. The number of halogens is 6. The van der Waals surface area contributed by atoms with Crippen LogP contribution in [0.5, 0.6) is 0 Å². The van der Waals surface area contributed by atoms with Crippen LogP contribution in [-0.2, 0) is 37.7 Å². The Bertz CT molecular complexity index is 1350. The molecule has 10 nitrogen and oxygen atoms in total. The SMILES string of the molecule is CCOC(=O)N1c2c(c(C)nn2C)C(N(Cc2cc(C(F)(F)F)cc(C(F)(F)F)c2)c2nnnn2C)CC1CC. The van der Waals surface area contributed by atoms with Crippen LogP contribution in [0.1, 0.15) is 60.7 Å². The number of aromatic nitrogens is 6. The number of rotatable bonds is 6. The van der Waals surface area contributed by atoms with E-state index in [2.05, 4.69) is 20.6 Å². The molecule has 0 aliphatic carbocycles. The van der Waals surface area contributed by atoms with Crippen LogP contribution in [0, 0.1) is 6.92 Å². The molecular weight excluding hydrogens is 546 g/mol. The fraction of sp³-hybridized carbons (Fsp3) is 0.542. The summed E-state index contributed by atoms with van der Waals surface area (Å²) in [5, 5.41) is 16.0. The average molecular weight is 575 g/mol. The lowest BCUT2D eigenvalue weighted by molar-refractivity contribution is -0.143. The highest BCUT2D eigenvalue weighted by Crippen LogP contribution is 2.45. The molecule has 218 valence electrons. The van der Waals surface area contributed by atoms with Crippen molar-refractivity contribution in [1.82, 2.24) is 30.0 Å². The number of anilines is 2. The number of carbonyl (C=O) groups excluding carboxylic acids is 1. The smallest absolute Gasteiger partial charge is 0.416 e. The van der Waals surface area contributed by atoms with E-state index in [0.29, 0.717) is 35.6 Å². The average Bonchev–Trinajstić information content (AvgIpc) is 3.42. The Kier molecular flexibility index (Phi) is 7.73. The van der Waals surface area contributed by atoms with E-state index in [1.54, 1.807) is 25.8 Å². The maximum absolute atomic E-state index is 13.6. The first kappa shape index (κ1) is 29.1. The molecule has 3 aromatic rings. The van der Waals surface area contributed by atoms with Gasteiger partial charge in [0.05, 0.1) is 29.5 Å². The highest BCUT2D eigenvalue weighted by Gasteiger charge is 2.44. The van der Waals surface area contributed by atoms with Crippen LogP contribution >= 0.6 is 0 Å². The molecule has 0 saturated carbocycles. The van der Waals surface area contributed by atoms with Gasteiger partial charge in [-0.15, -0.1) is 0 Å². The van der Waals surface area contributed by atoms with E-state index >= 15 is 0 Å². The van der Waals surface area contributed by atoms with E-state index in [1.807, 2.05) is 6.92 Å². The second kappa shape index (κ2) is 10.6. The number of nitrogens with zero attached hydrogens (tertiary/aromatic N) is 8. The molecule has 2 unspecified atom stereocenters. The third-order valence-electron chi connectivity index (χ3n) is 6.83. The lowest BCUT2D eigenvalue weighted by atomic mass is 9.90. The Morgan fingerprint density at radius 1 is 1.05 bits per heavy atom. The fourth-order valence-electron chi connectivity index (χ4n) is 5.15. The second-order valence-corrected chi connectivity index (χ2v) is 9.47. The number of amides is 1. The molecule has 1 aliphatic rings. The molecule has 0 radical (unpaired) electrons. The first-order valence-electron chi connectivity index (χ1n) is 12.4. The standard InChI is InChI=1S/C24H28F6N8O2/c1-6-17-11-18(19-13(3)32-35(4)20(19)38(17)22(39)40-7-2)37(21-31-33-34-36(21)5)12-14-8-15(23(25,26)27)10-16(9-14)24(28,29)30/h8-10,17-18H,6-7,11-12H2,1-5H3. The van der Waals surface area contributed by atoms with E-state index < -0.39 is 48.2 Å². The van der Waals surface area contributed by atoms with Gasteiger partial charge in [0.25, 0.3) is 0 Å². The number of alkyl halides is 6. The summed E-state index contributed by atoms with van der Waals surface area (Å²) in [5.74, 6) is 0.531. The van der Waals surface area contributed by atoms with E-state index in [0.717, 1.165) is 0 Å². The van der Waals surface area contributed by atoms with Gasteiger partial charge in [-0.2, -0.15) is 31.4 Å². The number of aryl methyl sites for hydroxylation is 3. The van der Waals surface area contributed by atoms with E-state index in [4.69, 9.17) is 4.74 Å². The number of carbonyl (C=O) groups is 1. The van der Waals surface area contributed by atoms with Crippen molar-refractivity contribution in [3.63, 3.8) is 0 Å². The van der Waals surface area contributed by atoms with Crippen molar-refractivity contribution in [3.05, 3.63) is 46.1 Å². The molecule has 1 aliphatic heterocycles. The summed E-state index contributed by atoms with van der Waals surface area (Å²) in [6, 6.07) is 0.379. The maximum atomic E-state index is 13.6. The summed E-state index contributed by atoms with van der Waals surface area (Å²) in [7, 11) is 3.15. The Labute approximate surface area is 225 Å². The van der Waals surface area contributed by atoms with Gasteiger partial charge in [-0.1, -0.05) is 12.0 Å². The van der Waals surface area contributed by atoms with Crippen LogP contribution in [0.25, 0.3) is 0 Å². The van der Waals surface area contributed by atoms with Crippen LogP contribution < -0.4 is 9.80 Å². The first-order valence-corrected chi connectivity index (χ1v) is 12.4. The highest BCUT2D eigenvalue weighted by atomic mass is 19.4. The molecule has 2 atom stereocenters. The second-order valence-electron chi connectivity index (χ2n) is 9.47. The minimum Gasteiger partial charge on any atom is -0.449 e. The zero-order valence-electron chi connectivity index (χ0n) is 22.4. The predicted molar refractivity (Wildman–Crippen MR) is 130 cm³/mol. The molecule has 0 N–H and O–H groups in total. The van der Waals surface area contributed by atoms with Gasteiger partial charge in [-0.3, -0.25) is 9.58 Å². The minimum absolute atomic E-state index is 0.0893. The molecule has 0 bridgehead atoms. The zero-order chi connectivity index (χ0) is 29.6. The molecule has 2 aromatic heterocycles. The van der Waals surface area contributed by atoms with Gasteiger partial charge in [0.1, 0.15) is 5.82 Å². The Morgan fingerprint density at radius 2 is 1.68 bits per heavy atom. The molecule has 1 amide bonds. The number of ether oxygens (including phenoxy) is 1. The van der Waals surface area contributed by atoms with Gasteiger partial charge < -0.3 is 9.64 Å². The molecule has 0 spiro atoms. The number of fused-ring (bicyclic) bond motifs is 1. The van der Waals surface area contributed by atoms with E-state index in [9.17, 15) is 31.1 Å². The largest absolute Gasteiger partial charge is 0.449 e. The maximum Gasteiger partial charge on any atom is 0.416 e. The van der Waals surface area contributed by atoms with Crippen molar-refractivity contribution in [1.29, 1.82) is 0 Å². The number of hydrogen-bond acceptors (Lipinski definition) is 7. The molecule has 0 fully saturated rings. The lowest BCUT2D eigenvalue weighted by Crippen LogP contribution is -2.48. The monoisotopic (exact) mass is 574 g/mol. The third kappa shape index (κ3) is 5.43. The van der Waals surface area contributed by atoms with E-state index in [1.165, 1.54) is 21.3 Å². The molecule has 4 rings (SSSR count). The van der Waals surface area contributed by atoms with Crippen LogP contribution in [-0.4, -0.2) is 48.7 Å². The van der Waals surface area contributed by atoms with Crippen molar-refractivity contribution in [2.24, 2.45) is 14.1 Å². The van der Waals surface area contributed by atoms with Crippen LogP contribution in [0.15, 0.2) is 18.2 Å². The van der Waals surface area contributed by atoms with Crippen LogP contribution in [0.3, 0.4) is 0 Å². The Balaban J connectivity index is 1.90. The third-order valence-corrected chi connectivity index (χ3v) is 6.83. The fourth-order valence-corrected chi connectivity index (χ4v) is 5.15. The summed E-state index contributed by atoms with van der Waals surface area (Å²) in [6.07, 6.45) is -9.85. The van der Waals surface area contributed by atoms with Crippen molar-refractivity contribution in [2.45, 2.75) is 64.6 Å². The molecule has 0 saturated heterocycles. The van der Waals surface area contributed by atoms with Gasteiger partial charge in [0.2, 0.25) is 5.95 Å². The van der Waals surface area contributed by atoms with E-state index in [-0.39, 0.29) is 30.6 Å². The molecular formula is C24H28F6N8O2. The molecule has 1 aromatic carbocycles. The Hall–Kier alpha value is -3.85. The number of hydrogen-bond donors (Lipinski definition) is 0. The van der Waals surface area contributed by atoms with Crippen LogP contribution in [0.4, 0.5) is 42.9 Å². The van der Waals surface area contributed by atoms with Gasteiger partial charge >= 0.3 is 18.4 Å². The van der Waals surface area contributed by atoms with Crippen molar-refractivity contribution < 1.29 is 35.9 Å². The number of benzene rings is 1. The molecule has 3 heterocycles. The lowest BCUT2D eigenvalue weighted by Gasteiger charge is -2.42. The predicted octanol–water partition coefficient (Wildman–Crippen LogP) is 5.18. The zero-order valence-corrected chi connectivity index (χ0v) is 22.4. The first-order chi connectivity index (χ1) is 18.7. The van der Waals surface area contributed by atoms with Gasteiger partial charge in [0, 0.05) is 32.2 Å². The topological polar surface area (TPSA) is 94.2 Å². The summed E-state index contributed by atoms with van der Waals surface area (Å²) >= 11 is 0. The quantitative estimate of drug-likeness (QED) is 0.375. The molecule has 16 heteroatoms. The normalized spacial score (nSPS) is 17.6. The highest BCUT2D eigenvalue weighted by molar-refractivity contribution is 5.89.